The topological polar surface area (TPSA) is 23.5 Å². The first-order chi connectivity index (χ1) is 9.52. The van der Waals surface area contributed by atoms with Crippen molar-refractivity contribution in [1.29, 1.82) is 0 Å². The smallest absolute Gasteiger partial charge is 0.0762 e. The molecule has 2 nitrogen and oxygen atoms in total. The lowest BCUT2D eigenvalue weighted by molar-refractivity contribution is 0.199. The molecule has 1 aliphatic carbocycles. The lowest BCUT2D eigenvalue weighted by atomic mass is 9.84. The molecule has 0 saturated heterocycles. The number of benzene rings is 1. The third kappa shape index (κ3) is 3.48. The maximum atomic E-state index is 9.61. The molecule has 20 heavy (non-hydrogen) atoms. The van der Waals surface area contributed by atoms with E-state index in [2.05, 4.69) is 18.9 Å². The van der Waals surface area contributed by atoms with Gasteiger partial charge in [-0.05, 0) is 56.2 Å². The summed E-state index contributed by atoms with van der Waals surface area (Å²) in [5.41, 5.74) is 1.96. The zero-order chi connectivity index (χ0) is 14.7. The number of aliphatic hydroxyl groups is 1. The summed E-state index contributed by atoms with van der Waals surface area (Å²) < 4.78 is 0. The van der Waals surface area contributed by atoms with E-state index in [1.54, 1.807) is 6.92 Å². The second-order valence-corrected chi connectivity index (χ2v) is 6.49. The fourth-order valence-corrected chi connectivity index (χ4v) is 3.53. The molecule has 0 aliphatic heterocycles. The molecule has 0 bridgehead atoms. The van der Waals surface area contributed by atoms with Crippen LogP contribution in [0, 0.1) is 5.92 Å². The summed E-state index contributed by atoms with van der Waals surface area (Å²) in [7, 11) is 2.14. The molecule has 112 valence electrons. The number of aliphatic hydroxyl groups excluding tert-OH is 1. The Morgan fingerprint density at radius 1 is 1.30 bits per heavy atom. The van der Waals surface area contributed by atoms with Crippen LogP contribution in [0.5, 0.6) is 0 Å². The minimum absolute atomic E-state index is 0.466. The summed E-state index contributed by atoms with van der Waals surface area (Å²) in [5, 5.41) is 10.3. The molecule has 1 saturated carbocycles. The molecule has 1 aliphatic rings. The molecule has 1 aromatic carbocycles. The van der Waals surface area contributed by atoms with E-state index >= 15 is 0 Å². The Bertz CT molecular complexity index is 439. The number of halogens is 1. The number of rotatable bonds is 4. The minimum Gasteiger partial charge on any atom is -0.389 e. The summed E-state index contributed by atoms with van der Waals surface area (Å²) in [5.74, 6) is 0.910. The molecule has 0 heterocycles. The lowest BCUT2D eigenvalue weighted by Crippen LogP contribution is -2.35. The van der Waals surface area contributed by atoms with Gasteiger partial charge >= 0.3 is 0 Å². The van der Waals surface area contributed by atoms with E-state index in [-0.39, 0.29) is 0 Å². The van der Waals surface area contributed by atoms with Crippen LogP contribution in [0.15, 0.2) is 18.2 Å². The van der Waals surface area contributed by atoms with Crippen LogP contribution in [0.25, 0.3) is 0 Å². The molecule has 1 N–H and O–H groups in total. The van der Waals surface area contributed by atoms with Gasteiger partial charge in [0, 0.05) is 13.1 Å². The highest BCUT2D eigenvalue weighted by atomic mass is 35.5. The maximum absolute atomic E-state index is 9.61. The van der Waals surface area contributed by atoms with Gasteiger partial charge in [-0.15, -0.1) is 0 Å². The first-order valence-corrected chi connectivity index (χ1v) is 8.11. The second-order valence-electron chi connectivity index (χ2n) is 6.08. The monoisotopic (exact) mass is 295 g/mol. The molecule has 3 heteroatoms. The highest BCUT2D eigenvalue weighted by molar-refractivity contribution is 6.33. The van der Waals surface area contributed by atoms with Gasteiger partial charge in [-0.3, -0.25) is 0 Å². The fourth-order valence-electron chi connectivity index (χ4n) is 3.21. The predicted octanol–water partition coefficient (Wildman–Crippen LogP) is 4.80. The number of hydrogen-bond donors (Lipinski definition) is 1. The van der Waals surface area contributed by atoms with Gasteiger partial charge in [-0.2, -0.15) is 0 Å². The molecule has 1 atom stereocenters. The zero-order valence-corrected chi connectivity index (χ0v) is 13.5. The van der Waals surface area contributed by atoms with Crippen molar-refractivity contribution in [3.8, 4) is 0 Å². The zero-order valence-electron chi connectivity index (χ0n) is 12.8. The Balaban J connectivity index is 2.07. The van der Waals surface area contributed by atoms with Crippen molar-refractivity contribution < 1.29 is 5.11 Å². The van der Waals surface area contributed by atoms with Crippen LogP contribution in [0.2, 0.25) is 5.02 Å². The number of hydrogen-bond acceptors (Lipinski definition) is 2. The first-order valence-electron chi connectivity index (χ1n) is 7.73. The Morgan fingerprint density at radius 3 is 2.45 bits per heavy atom. The Hall–Kier alpha value is -0.730. The van der Waals surface area contributed by atoms with Gasteiger partial charge in [-0.25, -0.2) is 0 Å². The molecule has 0 amide bonds. The van der Waals surface area contributed by atoms with Gasteiger partial charge in [0.05, 0.1) is 16.8 Å². The van der Waals surface area contributed by atoms with Crippen LogP contribution in [-0.2, 0) is 0 Å². The van der Waals surface area contributed by atoms with Crippen molar-refractivity contribution >= 4 is 17.3 Å². The number of nitrogens with zero attached hydrogens (tertiary/aromatic N) is 1. The fraction of sp³-hybridized carbons (Fsp3) is 0.647. The van der Waals surface area contributed by atoms with Gasteiger partial charge in [-0.1, -0.05) is 31.0 Å². The van der Waals surface area contributed by atoms with Crippen molar-refractivity contribution in [2.24, 2.45) is 5.92 Å². The molecule has 0 aromatic heterocycles. The van der Waals surface area contributed by atoms with E-state index in [4.69, 9.17) is 11.6 Å². The Morgan fingerprint density at radius 2 is 1.95 bits per heavy atom. The van der Waals surface area contributed by atoms with Gasteiger partial charge in [0.2, 0.25) is 0 Å². The van der Waals surface area contributed by atoms with Crippen molar-refractivity contribution in [3.05, 3.63) is 28.8 Å². The van der Waals surface area contributed by atoms with E-state index < -0.39 is 6.10 Å². The van der Waals surface area contributed by atoms with Crippen LogP contribution < -0.4 is 4.90 Å². The highest BCUT2D eigenvalue weighted by Crippen LogP contribution is 2.35. The van der Waals surface area contributed by atoms with Crippen molar-refractivity contribution in [2.45, 2.75) is 58.1 Å². The first kappa shape index (κ1) is 15.7. The SMILES string of the molecule is CCC1CCC(N(C)c2ccc([C@@H](C)O)cc2Cl)CC1. The molecule has 1 aromatic rings. The van der Waals surface area contributed by atoms with Crippen LogP contribution >= 0.6 is 11.6 Å². The highest BCUT2D eigenvalue weighted by Gasteiger charge is 2.24. The molecule has 0 radical (unpaired) electrons. The normalized spacial score (nSPS) is 24.4. The summed E-state index contributed by atoms with van der Waals surface area (Å²) in [6.45, 7) is 4.06. The van der Waals surface area contributed by atoms with E-state index in [1.165, 1.54) is 32.1 Å². The standard InChI is InChI=1S/C17H26ClNO/c1-4-13-5-8-15(9-6-13)19(3)17-10-7-14(12(2)20)11-16(17)18/h7,10-13,15,20H,4-6,8-9H2,1-3H3/t12-,13?,15?/m1/s1. The summed E-state index contributed by atoms with van der Waals surface area (Å²) in [4.78, 5) is 2.32. The maximum Gasteiger partial charge on any atom is 0.0762 e. The lowest BCUT2D eigenvalue weighted by Gasteiger charge is -2.36. The Labute approximate surface area is 127 Å². The van der Waals surface area contributed by atoms with Gasteiger partial charge in [0.15, 0.2) is 0 Å². The summed E-state index contributed by atoms with van der Waals surface area (Å²) >= 11 is 6.39. The predicted molar refractivity (Wildman–Crippen MR) is 86.5 cm³/mol. The molecule has 2 rings (SSSR count). The van der Waals surface area contributed by atoms with Gasteiger partial charge in [0.25, 0.3) is 0 Å². The third-order valence-corrected chi connectivity index (χ3v) is 5.08. The summed E-state index contributed by atoms with van der Waals surface area (Å²) in [6.07, 6.45) is 6.00. The molecular weight excluding hydrogens is 270 g/mol. The van der Waals surface area contributed by atoms with E-state index in [0.29, 0.717) is 6.04 Å². The largest absolute Gasteiger partial charge is 0.389 e. The van der Waals surface area contributed by atoms with Gasteiger partial charge < -0.3 is 10.0 Å². The van der Waals surface area contributed by atoms with Gasteiger partial charge in [0.1, 0.15) is 0 Å². The third-order valence-electron chi connectivity index (χ3n) is 4.78. The molecular formula is C17H26ClNO. The number of anilines is 1. The Kier molecular flexibility index (Phi) is 5.34. The molecule has 1 fully saturated rings. The van der Waals surface area contributed by atoms with Crippen LogP contribution in [-0.4, -0.2) is 18.2 Å². The van der Waals surface area contributed by atoms with Crippen LogP contribution in [0.4, 0.5) is 5.69 Å². The van der Waals surface area contributed by atoms with E-state index in [0.717, 1.165) is 22.2 Å². The van der Waals surface area contributed by atoms with Crippen LogP contribution in [0.1, 0.15) is 57.6 Å². The molecule has 0 unspecified atom stereocenters. The van der Waals surface area contributed by atoms with E-state index in [9.17, 15) is 5.11 Å². The summed E-state index contributed by atoms with van der Waals surface area (Å²) in [6, 6.07) is 6.49. The molecule has 0 spiro atoms. The van der Waals surface area contributed by atoms with E-state index in [1.807, 2.05) is 18.2 Å². The quantitative estimate of drug-likeness (QED) is 0.862. The minimum atomic E-state index is -0.466. The average Bonchev–Trinajstić information content (AvgIpc) is 2.46. The van der Waals surface area contributed by atoms with Crippen LogP contribution in [0.3, 0.4) is 0 Å². The van der Waals surface area contributed by atoms with Crippen molar-refractivity contribution in [1.82, 2.24) is 0 Å². The van der Waals surface area contributed by atoms with Crippen molar-refractivity contribution in [2.75, 3.05) is 11.9 Å². The average molecular weight is 296 g/mol. The second kappa shape index (κ2) is 6.82. The van der Waals surface area contributed by atoms with Crippen molar-refractivity contribution in [3.63, 3.8) is 0 Å².